The van der Waals surface area contributed by atoms with E-state index < -0.39 is 0 Å². The predicted octanol–water partition coefficient (Wildman–Crippen LogP) is 5.07. The van der Waals surface area contributed by atoms with Crippen LogP contribution in [0.2, 0.25) is 10.0 Å². The van der Waals surface area contributed by atoms with Gasteiger partial charge in [0.2, 0.25) is 17.8 Å². The molecule has 0 spiro atoms. The Bertz CT molecular complexity index is 1210. The maximum absolute atomic E-state index is 11.7. The first-order valence-corrected chi connectivity index (χ1v) is 12.7. The number of nitrogens with one attached hydrogen (secondary N) is 2. The number of primary amides is 1. The molecular weight excluding hydrogens is 489 g/mol. The van der Waals surface area contributed by atoms with E-state index in [0.717, 1.165) is 49.9 Å². The van der Waals surface area contributed by atoms with Crippen LogP contribution in [0, 0.1) is 5.92 Å². The van der Waals surface area contributed by atoms with Gasteiger partial charge < -0.3 is 21.1 Å². The number of hydrogen-bond donors (Lipinski definition) is 3. The van der Waals surface area contributed by atoms with E-state index in [4.69, 9.17) is 43.6 Å². The Morgan fingerprint density at radius 1 is 1.11 bits per heavy atom. The van der Waals surface area contributed by atoms with Crippen molar-refractivity contribution in [2.24, 2.45) is 11.7 Å². The number of amides is 1. The van der Waals surface area contributed by atoms with Gasteiger partial charge in [-0.2, -0.15) is 4.98 Å². The van der Waals surface area contributed by atoms with E-state index in [0.29, 0.717) is 40.7 Å². The van der Waals surface area contributed by atoms with Crippen LogP contribution < -0.4 is 16.4 Å². The predicted molar refractivity (Wildman–Crippen MR) is 137 cm³/mol. The molecule has 1 amide bonds. The fourth-order valence-corrected chi connectivity index (χ4v) is 5.50. The van der Waals surface area contributed by atoms with Gasteiger partial charge >= 0.3 is 0 Å². The highest BCUT2D eigenvalue weighted by molar-refractivity contribution is 6.35. The molecule has 1 saturated heterocycles. The number of hydrogen-bond acceptors (Lipinski definition) is 7. The molecule has 3 heterocycles. The molecule has 9 nitrogen and oxygen atoms in total. The first-order chi connectivity index (χ1) is 16.8. The molecule has 0 atom stereocenters. The fourth-order valence-electron chi connectivity index (χ4n) is 4.98. The zero-order chi connectivity index (χ0) is 24.6. The minimum absolute atomic E-state index is 0.0931. The molecule has 11 heteroatoms. The number of imidazole rings is 1. The summed E-state index contributed by atoms with van der Waals surface area (Å²) in [6, 6.07) is 5.38. The number of anilines is 3. The number of carbonyl (C=O) groups excluding carboxylic acids is 1. The van der Waals surface area contributed by atoms with Crippen molar-refractivity contribution in [1.82, 2.24) is 19.5 Å². The second-order valence-electron chi connectivity index (χ2n) is 9.70. The molecule has 35 heavy (non-hydrogen) atoms. The number of nitrogens with two attached hydrogens (primary N) is 1. The molecule has 2 fully saturated rings. The largest absolute Gasteiger partial charge is 0.381 e. The minimum Gasteiger partial charge on any atom is -0.381 e. The molecule has 2 aliphatic rings. The number of aromatic nitrogens is 4. The van der Waals surface area contributed by atoms with Crippen molar-refractivity contribution >= 4 is 57.9 Å². The van der Waals surface area contributed by atoms with Gasteiger partial charge in [0.15, 0.2) is 5.65 Å². The van der Waals surface area contributed by atoms with Crippen molar-refractivity contribution in [3.63, 3.8) is 0 Å². The lowest BCUT2D eigenvalue weighted by atomic mass is 9.85. The molecule has 1 aromatic carbocycles. The summed E-state index contributed by atoms with van der Waals surface area (Å²) in [5.41, 5.74) is 7.58. The van der Waals surface area contributed by atoms with Gasteiger partial charge in [-0.25, -0.2) is 9.97 Å². The SMILES string of the molecule is CC1(Nc2ncc3nc(Nc4cc(Cl)cc(Cl)c4)n([C@H]4CC[C@H](C(N)=O)CC4)c3n2)CCOCC1. The molecule has 1 aliphatic heterocycles. The maximum Gasteiger partial charge on any atom is 0.225 e. The van der Waals surface area contributed by atoms with Gasteiger partial charge in [-0.1, -0.05) is 23.2 Å². The monoisotopic (exact) mass is 517 g/mol. The Balaban J connectivity index is 1.52. The van der Waals surface area contributed by atoms with Crippen LogP contribution in [-0.4, -0.2) is 44.2 Å². The number of carbonyl (C=O) groups is 1. The normalized spacial score (nSPS) is 22.1. The van der Waals surface area contributed by atoms with Crippen molar-refractivity contribution < 1.29 is 9.53 Å². The molecule has 2 aromatic heterocycles. The van der Waals surface area contributed by atoms with Crippen LogP contribution in [0.25, 0.3) is 11.2 Å². The summed E-state index contributed by atoms with van der Waals surface area (Å²) < 4.78 is 7.63. The third-order valence-corrected chi connectivity index (χ3v) is 7.46. The second kappa shape index (κ2) is 9.79. The Hall–Kier alpha value is -2.62. The number of fused-ring (bicyclic) bond motifs is 1. The van der Waals surface area contributed by atoms with Crippen LogP contribution in [0.3, 0.4) is 0 Å². The molecule has 1 saturated carbocycles. The number of benzene rings is 1. The van der Waals surface area contributed by atoms with Crippen molar-refractivity contribution in [2.45, 2.75) is 57.0 Å². The molecular formula is C24H29Cl2N7O2. The lowest BCUT2D eigenvalue weighted by molar-refractivity contribution is -0.122. The van der Waals surface area contributed by atoms with Crippen LogP contribution in [0.15, 0.2) is 24.4 Å². The summed E-state index contributed by atoms with van der Waals surface area (Å²) in [7, 11) is 0. The van der Waals surface area contributed by atoms with E-state index in [2.05, 4.69) is 27.1 Å². The van der Waals surface area contributed by atoms with Crippen LogP contribution in [0.5, 0.6) is 0 Å². The third-order valence-electron chi connectivity index (χ3n) is 7.03. The number of rotatable bonds is 6. The van der Waals surface area contributed by atoms with Gasteiger partial charge in [-0.15, -0.1) is 0 Å². The van der Waals surface area contributed by atoms with Crippen LogP contribution in [0.1, 0.15) is 51.5 Å². The van der Waals surface area contributed by atoms with E-state index in [1.165, 1.54) is 0 Å². The molecule has 4 N–H and O–H groups in total. The Morgan fingerprint density at radius 3 is 2.46 bits per heavy atom. The fraction of sp³-hybridized carbons (Fsp3) is 0.500. The van der Waals surface area contributed by atoms with Gasteiger partial charge in [0.05, 0.1) is 6.20 Å². The molecule has 3 aromatic rings. The molecule has 186 valence electrons. The van der Waals surface area contributed by atoms with E-state index in [1.807, 2.05) is 0 Å². The summed E-state index contributed by atoms with van der Waals surface area (Å²) in [5.74, 6) is 0.865. The van der Waals surface area contributed by atoms with Crippen molar-refractivity contribution in [1.29, 1.82) is 0 Å². The highest BCUT2D eigenvalue weighted by atomic mass is 35.5. The standard InChI is InChI=1S/C24H29Cl2N7O2/c1-24(6-8-35-9-7-24)32-22-28-13-19-21(31-22)33(18-4-2-14(3-5-18)20(27)34)23(30-19)29-17-11-15(25)10-16(26)12-17/h10-14,18H,2-9H2,1H3,(H2,27,34)(H,29,30)(H,28,31,32)/t14-,18-. The topological polar surface area (TPSA) is 120 Å². The molecule has 0 radical (unpaired) electrons. The zero-order valence-corrected chi connectivity index (χ0v) is 21.1. The Labute approximate surface area is 213 Å². The van der Waals surface area contributed by atoms with Crippen molar-refractivity contribution in [3.8, 4) is 0 Å². The maximum atomic E-state index is 11.7. The number of halogens is 2. The zero-order valence-electron chi connectivity index (χ0n) is 19.6. The highest BCUT2D eigenvalue weighted by Crippen LogP contribution is 2.37. The summed E-state index contributed by atoms with van der Waals surface area (Å²) in [6.07, 6.45) is 6.57. The van der Waals surface area contributed by atoms with E-state index in [1.54, 1.807) is 24.4 Å². The van der Waals surface area contributed by atoms with Crippen LogP contribution in [0.4, 0.5) is 17.6 Å². The van der Waals surface area contributed by atoms with E-state index in [-0.39, 0.29) is 23.4 Å². The second-order valence-corrected chi connectivity index (χ2v) is 10.6. The molecule has 5 rings (SSSR count). The summed E-state index contributed by atoms with van der Waals surface area (Å²) in [4.78, 5) is 26.0. The smallest absolute Gasteiger partial charge is 0.225 e. The highest BCUT2D eigenvalue weighted by Gasteiger charge is 2.31. The molecule has 0 bridgehead atoms. The van der Waals surface area contributed by atoms with Crippen LogP contribution in [-0.2, 0) is 9.53 Å². The van der Waals surface area contributed by atoms with Gasteiger partial charge in [-0.05, 0) is 63.6 Å². The Morgan fingerprint density at radius 2 is 1.80 bits per heavy atom. The lowest BCUT2D eigenvalue weighted by Crippen LogP contribution is -2.41. The van der Waals surface area contributed by atoms with Gasteiger partial charge in [0.1, 0.15) is 5.52 Å². The minimum atomic E-state index is -0.232. The summed E-state index contributed by atoms with van der Waals surface area (Å²) >= 11 is 12.4. The average molecular weight is 518 g/mol. The van der Waals surface area contributed by atoms with Crippen LogP contribution >= 0.6 is 23.2 Å². The first kappa shape index (κ1) is 24.1. The van der Waals surface area contributed by atoms with Gasteiger partial charge in [0, 0.05) is 46.4 Å². The Kier molecular flexibility index (Phi) is 6.74. The van der Waals surface area contributed by atoms with E-state index in [9.17, 15) is 4.79 Å². The summed E-state index contributed by atoms with van der Waals surface area (Å²) in [5, 5.41) is 7.94. The van der Waals surface area contributed by atoms with Crippen molar-refractivity contribution in [2.75, 3.05) is 23.8 Å². The third kappa shape index (κ3) is 5.32. The first-order valence-electron chi connectivity index (χ1n) is 11.9. The lowest BCUT2D eigenvalue weighted by Gasteiger charge is -2.34. The van der Waals surface area contributed by atoms with Gasteiger partial charge in [-0.3, -0.25) is 9.36 Å². The number of ether oxygens (including phenoxy) is 1. The molecule has 1 aliphatic carbocycles. The van der Waals surface area contributed by atoms with Gasteiger partial charge in [0.25, 0.3) is 0 Å². The van der Waals surface area contributed by atoms with Crippen molar-refractivity contribution in [3.05, 3.63) is 34.4 Å². The van der Waals surface area contributed by atoms with E-state index >= 15 is 0 Å². The molecule has 0 unspecified atom stereocenters. The summed E-state index contributed by atoms with van der Waals surface area (Å²) in [6.45, 7) is 3.59. The quantitative estimate of drug-likeness (QED) is 0.417. The number of nitrogens with zero attached hydrogens (tertiary/aromatic N) is 4. The average Bonchev–Trinajstić information content (AvgIpc) is 3.15.